The van der Waals surface area contributed by atoms with Crippen molar-refractivity contribution < 1.29 is 4.79 Å². The highest BCUT2D eigenvalue weighted by Gasteiger charge is 2.19. The zero-order valence-electron chi connectivity index (χ0n) is 13.9. The first kappa shape index (κ1) is 17.0. The fraction of sp³-hybridized carbons (Fsp3) is 0.421. The molecule has 1 saturated heterocycles. The molecule has 1 fully saturated rings. The zero-order valence-corrected chi connectivity index (χ0v) is 13.9. The molecular formula is C19H23N3O. The number of likely N-dealkylation sites (tertiary alicyclic amines) is 1. The Kier molecular flexibility index (Phi) is 6.10. The van der Waals surface area contributed by atoms with Crippen molar-refractivity contribution >= 4 is 17.2 Å². The Balaban J connectivity index is 2.16. The first-order valence-corrected chi connectivity index (χ1v) is 8.10. The van der Waals surface area contributed by atoms with Gasteiger partial charge in [0.2, 0.25) is 0 Å². The Bertz CT molecular complexity index is 642. The van der Waals surface area contributed by atoms with Crippen LogP contribution in [-0.4, -0.2) is 36.7 Å². The molecule has 0 radical (unpaired) electrons. The number of carbonyl (C=O) groups is 1. The van der Waals surface area contributed by atoms with Crippen molar-refractivity contribution in [2.75, 3.05) is 20.1 Å². The van der Waals surface area contributed by atoms with Crippen LogP contribution in [0.25, 0.3) is 5.57 Å². The van der Waals surface area contributed by atoms with E-state index in [0.717, 1.165) is 37.1 Å². The summed E-state index contributed by atoms with van der Waals surface area (Å²) in [6.07, 6.45) is 6.38. The normalized spacial score (nSPS) is 16.7. The summed E-state index contributed by atoms with van der Waals surface area (Å²) < 4.78 is 0. The summed E-state index contributed by atoms with van der Waals surface area (Å²) in [5.74, 6) is 0.0161. The van der Waals surface area contributed by atoms with Gasteiger partial charge in [-0.3, -0.25) is 9.79 Å². The summed E-state index contributed by atoms with van der Waals surface area (Å²) in [6, 6.07) is 9.47. The van der Waals surface area contributed by atoms with Crippen molar-refractivity contribution in [2.24, 2.45) is 4.99 Å². The van der Waals surface area contributed by atoms with Gasteiger partial charge in [0.25, 0.3) is 5.91 Å². The van der Waals surface area contributed by atoms with Crippen LogP contribution in [0.3, 0.4) is 0 Å². The highest BCUT2D eigenvalue weighted by Crippen LogP contribution is 2.16. The number of allylic oxidation sites excluding steroid dienone is 1. The second-order valence-electron chi connectivity index (χ2n) is 5.83. The van der Waals surface area contributed by atoms with Gasteiger partial charge in [-0.05, 0) is 49.1 Å². The van der Waals surface area contributed by atoms with Crippen molar-refractivity contribution in [1.29, 1.82) is 5.26 Å². The number of hydrogen-bond donors (Lipinski definition) is 0. The molecule has 0 unspecified atom stereocenters. The first-order chi connectivity index (χ1) is 11.2. The maximum atomic E-state index is 12.7. The summed E-state index contributed by atoms with van der Waals surface area (Å²) in [5, 5.41) is 8.86. The second-order valence-corrected chi connectivity index (χ2v) is 5.83. The van der Waals surface area contributed by atoms with E-state index >= 15 is 0 Å². The van der Waals surface area contributed by atoms with E-state index in [4.69, 9.17) is 5.26 Å². The minimum atomic E-state index is 0.0161. The van der Waals surface area contributed by atoms with E-state index in [1.54, 1.807) is 19.2 Å². The molecule has 0 spiro atoms. The Morgan fingerprint density at radius 3 is 2.30 bits per heavy atom. The molecular weight excluding hydrogens is 286 g/mol. The Hall–Kier alpha value is -2.41. The topological polar surface area (TPSA) is 56.5 Å². The van der Waals surface area contributed by atoms with Gasteiger partial charge in [0, 0.05) is 20.1 Å². The highest BCUT2D eigenvalue weighted by atomic mass is 16.2. The average molecular weight is 309 g/mol. The molecule has 4 heteroatoms. The van der Waals surface area contributed by atoms with Crippen molar-refractivity contribution in [3.05, 3.63) is 41.5 Å². The molecule has 1 aromatic rings. The summed E-state index contributed by atoms with van der Waals surface area (Å²) in [4.78, 5) is 18.8. The quantitative estimate of drug-likeness (QED) is 0.803. The Labute approximate surface area is 138 Å². The molecule has 120 valence electrons. The van der Waals surface area contributed by atoms with Crippen LogP contribution in [0.5, 0.6) is 0 Å². The van der Waals surface area contributed by atoms with Gasteiger partial charge in [-0.1, -0.05) is 25.0 Å². The number of aliphatic imine (C=N–C) groups is 1. The molecule has 0 aliphatic carbocycles. The number of benzene rings is 1. The third kappa shape index (κ3) is 4.53. The summed E-state index contributed by atoms with van der Waals surface area (Å²) in [5.41, 5.74) is 3.09. The predicted octanol–water partition coefficient (Wildman–Crippen LogP) is 3.43. The highest BCUT2D eigenvalue weighted by molar-refractivity contribution is 6.44. The maximum absolute atomic E-state index is 12.7. The van der Waals surface area contributed by atoms with Crippen LogP contribution in [0, 0.1) is 11.3 Å². The average Bonchev–Trinajstić information content (AvgIpc) is 2.88. The third-order valence-electron chi connectivity index (χ3n) is 4.18. The van der Waals surface area contributed by atoms with Gasteiger partial charge < -0.3 is 4.90 Å². The lowest BCUT2D eigenvalue weighted by Gasteiger charge is -2.20. The minimum Gasteiger partial charge on any atom is -0.337 e. The van der Waals surface area contributed by atoms with Gasteiger partial charge in [-0.2, -0.15) is 5.26 Å². The van der Waals surface area contributed by atoms with Gasteiger partial charge in [-0.25, -0.2) is 0 Å². The molecule has 1 aliphatic heterocycles. The second kappa shape index (κ2) is 8.28. The van der Waals surface area contributed by atoms with E-state index in [1.165, 1.54) is 12.8 Å². The number of hydrogen-bond acceptors (Lipinski definition) is 3. The molecule has 1 aromatic carbocycles. The molecule has 0 atom stereocenters. The van der Waals surface area contributed by atoms with Crippen LogP contribution in [0.15, 0.2) is 35.3 Å². The molecule has 1 aliphatic rings. The van der Waals surface area contributed by atoms with E-state index in [1.807, 2.05) is 30.0 Å². The number of rotatable bonds is 3. The molecule has 1 heterocycles. The molecule has 4 nitrogen and oxygen atoms in total. The van der Waals surface area contributed by atoms with Crippen LogP contribution in [0.2, 0.25) is 0 Å². The van der Waals surface area contributed by atoms with Crippen molar-refractivity contribution in [3.63, 3.8) is 0 Å². The Morgan fingerprint density at radius 2 is 1.78 bits per heavy atom. The fourth-order valence-electron chi connectivity index (χ4n) is 2.75. The summed E-state index contributed by atoms with van der Waals surface area (Å²) in [7, 11) is 1.66. The largest absolute Gasteiger partial charge is 0.337 e. The van der Waals surface area contributed by atoms with Crippen molar-refractivity contribution in [2.45, 2.75) is 32.6 Å². The predicted molar refractivity (Wildman–Crippen MR) is 93.2 cm³/mol. The molecule has 0 saturated carbocycles. The van der Waals surface area contributed by atoms with Crippen LogP contribution in [-0.2, 0) is 4.79 Å². The molecule has 0 aromatic heterocycles. The lowest BCUT2D eigenvalue weighted by atomic mass is 10.0. The summed E-state index contributed by atoms with van der Waals surface area (Å²) >= 11 is 0. The molecule has 0 bridgehead atoms. The number of nitriles is 1. The molecule has 2 rings (SSSR count). The van der Waals surface area contributed by atoms with Crippen molar-refractivity contribution in [1.82, 2.24) is 4.90 Å². The SMILES string of the molecule is CN=C(/C=C(\C)c1ccc(C#N)cc1)C(=O)N1CCCCCC1. The van der Waals surface area contributed by atoms with Crippen LogP contribution in [0.1, 0.15) is 43.7 Å². The first-order valence-electron chi connectivity index (χ1n) is 8.10. The van der Waals surface area contributed by atoms with E-state index in [9.17, 15) is 4.79 Å². The van der Waals surface area contributed by atoms with Gasteiger partial charge in [0.1, 0.15) is 5.71 Å². The van der Waals surface area contributed by atoms with E-state index in [0.29, 0.717) is 11.3 Å². The van der Waals surface area contributed by atoms with Gasteiger partial charge >= 0.3 is 0 Å². The smallest absolute Gasteiger partial charge is 0.271 e. The van der Waals surface area contributed by atoms with Gasteiger partial charge in [0.15, 0.2) is 0 Å². The molecule has 1 amide bonds. The van der Waals surface area contributed by atoms with E-state index in [2.05, 4.69) is 11.1 Å². The van der Waals surface area contributed by atoms with Crippen molar-refractivity contribution in [3.8, 4) is 6.07 Å². The van der Waals surface area contributed by atoms with Gasteiger partial charge in [-0.15, -0.1) is 0 Å². The minimum absolute atomic E-state index is 0.0161. The fourth-order valence-corrected chi connectivity index (χ4v) is 2.75. The maximum Gasteiger partial charge on any atom is 0.271 e. The standard InChI is InChI=1S/C19H23N3O/c1-15(17-9-7-16(14-20)8-10-17)13-18(21-2)19(23)22-11-5-3-4-6-12-22/h7-10,13H,3-6,11-12H2,1-2H3/b15-13+,21-18?. The van der Waals surface area contributed by atoms with Crippen LogP contribution in [0.4, 0.5) is 0 Å². The summed E-state index contributed by atoms with van der Waals surface area (Å²) in [6.45, 7) is 3.60. The van der Waals surface area contributed by atoms with Crippen LogP contribution < -0.4 is 0 Å². The number of nitrogens with zero attached hydrogens (tertiary/aromatic N) is 3. The number of amides is 1. The lowest BCUT2D eigenvalue weighted by Crippen LogP contribution is -2.36. The lowest BCUT2D eigenvalue weighted by molar-refractivity contribution is -0.123. The Morgan fingerprint density at radius 1 is 1.17 bits per heavy atom. The molecule has 0 N–H and O–H groups in total. The zero-order chi connectivity index (χ0) is 16.7. The monoisotopic (exact) mass is 309 g/mol. The van der Waals surface area contributed by atoms with Gasteiger partial charge in [0.05, 0.1) is 11.6 Å². The van der Waals surface area contributed by atoms with E-state index < -0.39 is 0 Å². The van der Waals surface area contributed by atoms with E-state index in [-0.39, 0.29) is 5.91 Å². The van der Waals surface area contributed by atoms with Crippen LogP contribution >= 0.6 is 0 Å². The molecule has 23 heavy (non-hydrogen) atoms. The third-order valence-corrected chi connectivity index (χ3v) is 4.18. The number of carbonyl (C=O) groups excluding carboxylic acids is 1.